The lowest BCUT2D eigenvalue weighted by atomic mass is 10.2. The Kier molecular flexibility index (Phi) is 7.15. The van der Waals surface area contributed by atoms with Gasteiger partial charge in [-0.3, -0.25) is 0 Å². The van der Waals surface area contributed by atoms with E-state index in [9.17, 15) is 8.42 Å². The zero-order chi connectivity index (χ0) is 15.0. The van der Waals surface area contributed by atoms with Gasteiger partial charge in [-0.2, -0.15) is 0 Å². The lowest BCUT2D eigenvalue weighted by molar-refractivity contribution is 0.114. The summed E-state index contributed by atoms with van der Waals surface area (Å²) in [6.07, 6.45) is 0.747. The van der Waals surface area contributed by atoms with E-state index in [1.807, 2.05) is 13.8 Å². The van der Waals surface area contributed by atoms with Crippen molar-refractivity contribution in [2.24, 2.45) is 11.7 Å². The summed E-state index contributed by atoms with van der Waals surface area (Å²) in [5, 5.41) is 0. The molecule has 3 N–H and O–H groups in total. The van der Waals surface area contributed by atoms with Crippen molar-refractivity contribution in [3.63, 3.8) is 0 Å². The molecule has 0 heterocycles. The van der Waals surface area contributed by atoms with Crippen molar-refractivity contribution in [1.29, 1.82) is 0 Å². The van der Waals surface area contributed by atoms with Crippen molar-refractivity contribution in [3.8, 4) is 0 Å². The van der Waals surface area contributed by atoms with E-state index >= 15 is 0 Å². The Morgan fingerprint density at radius 3 is 2.45 bits per heavy atom. The zero-order valence-electron chi connectivity index (χ0n) is 12.1. The van der Waals surface area contributed by atoms with Crippen LogP contribution in [0.4, 0.5) is 0 Å². The minimum Gasteiger partial charge on any atom is -0.380 e. The molecule has 0 saturated carbocycles. The highest BCUT2D eigenvalue weighted by atomic mass is 32.2. The van der Waals surface area contributed by atoms with Crippen molar-refractivity contribution >= 4 is 10.0 Å². The van der Waals surface area contributed by atoms with Crippen LogP contribution in [-0.4, -0.2) is 34.7 Å². The highest BCUT2D eigenvalue weighted by Crippen LogP contribution is 2.10. The minimum absolute atomic E-state index is 0.266. The molecular weight excluding hydrogens is 276 g/mol. The topological polar surface area (TPSA) is 81.4 Å². The van der Waals surface area contributed by atoms with Gasteiger partial charge in [-0.05, 0) is 36.6 Å². The maximum Gasteiger partial charge on any atom is 0.240 e. The summed E-state index contributed by atoms with van der Waals surface area (Å²) in [5.74, 6) is 0.446. The van der Waals surface area contributed by atoms with Crippen LogP contribution in [0.5, 0.6) is 0 Å². The standard InChI is InChI=1S/C14H24N2O3S/c1-12(2)11-19-10-9-16-20(17,18)14-5-3-13(4-6-14)7-8-15/h3-6,12,16H,7-11,15H2,1-2H3. The fourth-order valence-electron chi connectivity index (χ4n) is 1.65. The van der Waals surface area contributed by atoms with Crippen molar-refractivity contribution in [3.05, 3.63) is 29.8 Å². The van der Waals surface area contributed by atoms with Crippen LogP contribution in [0.1, 0.15) is 19.4 Å². The molecule has 0 saturated heterocycles. The van der Waals surface area contributed by atoms with E-state index in [0.717, 1.165) is 12.0 Å². The van der Waals surface area contributed by atoms with E-state index in [2.05, 4.69) is 4.72 Å². The van der Waals surface area contributed by atoms with Gasteiger partial charge in [-0.15, -0.1) is 0 Å². The van der Waals surface area contributed by atoms with Gasteiger partial charge >= 0.3 is 0 Å². The SMILES string of the molecule is CC(C)COCCNS(=O)(=O)c1ccc(CCN)cc1. The van der Waals surface area contributed by atoms with E-state index in [4.69, 9.17) is 10.5 Å². The van der Waals surface area contributed by atoms with Crippen molar-refractivity contribution in [2.45, 2.75) is 25.2 Å². The highest BCUT2D eigenvalue weighted by molar-refractivity contribution is 7.89. The summed E-state index contributed by atoms with van der Waals surface area (Å²) in [6.45, 7) is 5.94. The number of benzene rings is 1. The number of sulfonamides is 1. The third-order valence-corrected chi connectivity index (χ3v) is 4.13. The lowest BCUT2D eigenvalue weighted by Gasteiger charge is -2.09. The molecule has 0 unspecified atom stereocenters. The Morgan fingerprint density at radius 1 is 1.25 bits per heavy atom. The molecule has 0 aliphatic rings. The molecule has 1 aromatic carbocycles. The first kappa shape index (κ1) is 17.1. The number of rotatable bonds is 9. The molecule has 0 atom stereocenters. The molecule has 114 valence electrons. The van der Waals surface area contributed by atoms with Crippen LogP contribution < -0.4 is 10.5 Å². The Balaban J connectivity index is 2.47. The average Bonchev–Trinajstić information content (AvgIpc) is 2.39. The molecule has 5 nitrogen and oxygen atoms in total. The van der Waals surface area contributed by atoms with E-state index in [1.54, 1.807) is 24.3 Å². The predicted molar refractivity (Wildman–Crippen MR) is 80.0 cm³/mol. The second kappa shape index (κ2) is 8.36. The first-order valence-electron chi connectivity index (χ1n) is 6.82. The van der Waals surface area contributed by atoms with Crippen LogP contribution in [-0.2, 0) is 21.2 Å². The number of hydrogen-bond donors (Lipinski definition) is 2. The fraction of sp³-hybridized carbons (Fsp3) is 0.571. The van der Waals surface area contributed by atoms with Crippen LogP contribution in [0, 0.1) is 5.92 Å². The number of nitrogens with two attached hydrogens (primary N) is 1. The second-order valence-corrected chi connectivity index (χ2v) is 6.82. The zero-order valence-corrected chi connectivity index (χ0v) is 12.9. The molecule has 20 heavy (non-hydrogen) atoms. The summed E-state index contributed by atoms with van der Waals surface area (Å²) >= 11 is 0. The van der Waals surface area contributed by atoms with Gasteiger partial charge in [0.2, 0.25) is 10.0 Å². The summed E-state index contributed by atoms with van der Waals surface area (Å²) in [4.78, 5) is 0.266. The van der Waals surface area contributed by atoms with Gasteiger partial charge in [-0.25, -0.2) is 13.1 Å². The van der Waals surface area contributed by atoms with Gasteiger partial charge in [0.05, 0.1) is 11.5 Å². The van der Waals surface area contributed by atoms with Gasteiger partial charge < -0.3 is 10.5 Å². The number of nitrogens with one attached hydrogen (secondary N) is 1. The Hall–Kier alpha value is -0.950. The molecule has 1 rings (SSSR count). The average molecular weight is 300 g/mol. The molecule has 0 radical (unpaired) electrons. The number of hydrogen-bond acceptors (Lipinski definition) is 4. The van der Waals surface area contributed by atoms with Crippen molar-refractivity contribution in [1.82, 2.24) is 4.72 Å². The third kappa shape index (κ3) is 6.00. The Bertz CT molecular complexity index is 484. The van der Waals surface area contributed by atoms with E-state index in [-0.39, 0.29) is 11.4 Å². The van der Waals surface area contributed by atoms with Crippen LogP contribution in [0.2, 0.25) is 0 Å². The smallest absolute Gasteiger partial charge is 0.240 e. The van der Waals surface area contributed by atoms with E-state index in [0.29, 0.717) is 25.7 Å². The van der Waals surface area contributed by atoms with E-state index < -0.39 is 10.0 Å². The molecule has 0 bridgehead atoms. The largest absolute Gasteiger partial charge is 0.380 e. The quantitative estimate of drug-likeness (QED) is 0.670. The van der Waals surface area contributed by atoms with Crippen molar-refractivity contribution in [2.75, 3.05) is 26.3 Å². The molecule has 0 fully saturated rings. The molecule has 0 amide bonds. The molecule has 0 aliphatic carbocycles. The second-order valence-electron chi connectivity index (χ2n) is 5.05. The van der Waals surface area contributed by atoms with Gasteiger partial charge in [0.25, 0.3) is 0 Å². The van der Waals surface area contributed by atoms with Crippen LogP contribution >= 0.6 is 0 Å². The van der Waals surface area contributed by atoms with E-state index in [1.165, 1.54) is 0 Å². The first-order valence-corrected chi connectivity index (χ1v) is 8.30. The van der Waals surface area contributed by atoms with Gasteiger partial charge in [0.15, 0.2) is 0 Å². The van der Waals surface area contributed by atoms with Crippen molar-refractivity contribution < 1.29 is 13.2 Å². The maximum atomic E-state index is 12.0. The fourth-order valence-corrected chi connectivity index (χ4v) is 2.67. The van der Waals surface area contributed by atoms with Gasteiger partial charge in [-0.1, -0.05) is 26.0 Å². The molecule has 1 aromatic rings. The summed E-state index contributed by atoms with van der Waals surface area (Å²) < 4.78 is 31.9. The Labute approximate surface area is 121 Å². The summed E-state index contributed by atoms with van der Waals surface area (Å²) in [6, 6.07) is 6.78. The normalized spacial score (nSPS) is 12.0. The first-order chi connectivity index (χ1) is 9.45. The molecule has 0 aromatic heterocycles. The lowest BCUT2D eigenvalue weighted by Crippen LogP contribution is -2.27. The molecule has 0 aliphatic heterocycles. The maximum absolute atomic E-state index is 12.0. The third-order valence-electron chi connectivity index (χ3n) is 2.66. The molecular formula is C14H24N2O3S. The molecule has 6 heteroatoms. The monoisotopic (exact) mass is 300 g/mol. The van der Waals surface area contributed by atoms with Crippen LogP contribution in [0.15, 0.2) is 29.2 Å². The van der Waals surface area contributed by atoms with Crippen LogP contribution in [0.25, 0.3) is 0 Å². The van der Waals surface area contributed by atoms with Crippen LogP contribution in [0.3, 0.4) is 0 Å². The minimum atomic E-state index is -3.45. The van der Waals surface area contributed by atoms with Gasteiger partial charge in [0.1, 0.15) is 0 Å². The number of ether oxygens (including phenoxy) is 1. The van der Waals surface area contributed by atoms with Gasteiger partial charge in [0, 0.05) is 13.2 Å². The summed E-state index contributed by atoms with van der Waals surface area (Å²) in [7, 11) is -3.45. The predicted octanol–water partition coefficient (Wildman–Crippen LogP) is 1.14. The summed E-state index contributed by atoms with van der Waals surface area (Å²) in [5.41, 5.74) is 6.49. The Morgan fingerprint density at radius 2 is 1.90 bits per heavy atom. The highest BCUT2D eigenvalue weighted by Gasteiger charge is 2.12. The molecule has 0 spiro atoms.